The molecule has 2 heterocycles. The first-order valence-corrected chi connectivity index (χ1v) is 9.34. The number of benzene rings is 1. The number of aliphatic hydroxyl groups is 1. The average Bonchev–Trinajstić information content (AvgIpc) is 3.22. The minimum atomic E-state index is -0.569. The molecule has 1 aliphatic heterocycles. The third kappa shape index (κ3) is 3.52. The molecule has 1 saturated carbocycles. The van der Waals surface area contributed by atoms with Crippen LogP contribution < -0.4 is 5.73 Å². The molecule has 6 nitrogen and oxygen atoms in total. The molecule has 1 amide bonds. The van der Waals surface area contributed by atoms with Crippen molar-refractivity contribution in [3.63, 3.8) is 0 Å². The van der Waals surface area contributed by atoms with Crippen LogP contribution >= 0.6 is 0 Å². The summed E-state index contributed by atoms with van der Waals surface area (Å²) in [4.78, 5) is 19.2. The lowest BCUT2D eigenvalue weighted by Gasteiger charge is -2.27. The second kappa shape index (κ2) is 7.21. The largest absolute Gasteiger partial charge is 0.445 e. The van der Waals surface area contributed by atoms with E-state index in [1.165, 1.54) is 5.56 Å². The second-order valence-electron chi connectivity index (χ2n) is 7.37. The number of aromatic nitrogens is 1. The van der Waals surface area contributed by atoms with E-state index < -0.39 is 6.10 Å². The summed E-state index contributed by atoms with van der Waals surface area (Å²) >= 11 is 0. The van der Waals surface area contributed by atoms with Gasteiger partial charge in [-0.15, -0.1) is 0 Å². The quantitative estimate of drug-likeness (QED) is 0.866. The molecule has 0 unspecified atom stereocenters. The Morgan fingerprint density at radius 1 is 1.27 bits per heavy atom. The van der Waals surface area contributed by atoms with E-state index in [1.54, 1.807) is 0 Å². The van der Waals surface area contributed by atoms with Gasteiger partial charge in [-0.3, -0.25) is 4.79 Å². The van der Waals surface area contributed by atoms with Crippen molar-refractivity contribution < 1.29 is 14.3 Å². The number of rotatable bonds is 4. The monoisotopic (exact) mass is 355 g/mol. The number of fused-ring (bicyclic) bond motifs is 1. The van der Waals surface area contributed by atoms with Gasteiger partial charge in [0.1, 0.15) is 11.5 Å². The van der Waals surface area contributed by atoms with Gasteiger partial charge in [0.2, 0.25) is 5.91 Å². The maximum atomic E-state index is 12.7. The smallest absolute Gasteiger partial charge is 0.226 e. The van der Waals surface area contributed by atoms with Gasteiger partial charge in [-0.25, -0.2) is 4.98 Å². The highest BCUT2D eigenvalue weighted by molar-refractivity contribution is 5.79. The summed E-state index contributed by atoms with van der Waals surface area (Å²) in [7, 11) is 0. The topological polar surface area (TPSA) is 92.6 Å². The molecule has 0 saturated heterocycles. The molecule has 0 radical (unpaired) electrons. The third-order valence-electron chi connectivity index (χ3n) is 5.48. The molecule has 138 valence electrons. The number of carbonyl (C=O) groups is 1. The number of hydrogen-bond donors (Lipinski definition) is 2. The first-order chi connectivity index (χ1) is 12.6. The highest BCUT2D eigenvalue weighted by Crippen LogP contribution is 2.29. The lowest BCUT2D eigenvalue weighted by atomic mass is 10.0. The molecule has 3 N–H and O–H groups in total. The van der Waals surface area contributed by atoms with E-state index in [2.05, 4.69) is 17.1 Å². The number of nitrogens with two attached hydrogens (primary N) is 1. The first-order valence-electron chi connectivity index (χ1n) is 9.34. The maximum absolute atomic E-state index is 12.7. The Labute approximate surface area is 153 Å². The Hall–Kier alpha value is -2.18. The number of aliphatic hydroxyl groups excluding tert-OH is 1. The van der Waals surface area contributed by atoms with Gasteiger partial charge in [-0.1, -0.05) is 30.3 Å². The minimum Gasteiger partial charge on any atom is -0.445 e. The van der Waals surface area contributed by atoms with Gasteiger partial charge in [0.05, 0.1) is 12.6 Å². The van der Waals surface area contributed by atoms with Crippen LogP contribution in [0.15, 0.2) is 34.7 Å². The molecule has 0 bridgehead atoms. The summed E-state index contributed by atoms with van der Waals surface area (Å²) in [6.07, 6.45) is 2.80. The third-order valence-corrected chi connectivity index (χ3v) is 5.48. The SMILES string of the molecule is N[C@H]1C[C@H](C(=O)N2CCc3oc(CCc4ccccc4)nc3C2)C[C@@H]1O. The van der Waals surface area contributed by atoms with Gasteiger partial charge in [0.15, 0.2) is 5.89 Å². The van der Waals surface area contributed by atoms with Crippen LogP contribution in [0.1, 0.15) is 35.7 Å². The summed E-state index contributed by atoms with van der Waals surface area (Å²) < 4.78 is 5.91. The molecule has 3 atom stereocenters. The molecule has 4 rings (SSSR count). The van der Waals surface area contributed by atoms with Crippen molar-refractivity contribution in [3.05, 3.63) is 53.2 Å². The zero-order valence-corrected chi connectivity index (χ0v) is 14.8. The van der Waals surface area contributed by atoms with Crippen molar-refractivity contribution in [1.29, 1.82) is 0 Å². The average molecular weight is 355 g/mol. The summed E-state index contributed by atoms with van der Waals surface area (Å²) in [5, 5.41) is 9.81. The van der Waals surface area contributed by atoms with Crippen molar-refractivity contribution in [2.24, 2.45) is 11.7 Å². The van der Waals surface area contributed by atoms with Crippen molar-refractivity contribution in [2.75, 3.05) is 6.54 Å². The molecule has 1 aromatic heterocycles. The number of amides is 1. The molecule has 26 heavy (non-hydrogen) atoms. The van der Waals surface area contributed by atoms with E-state index in [-0.39, 0.29) is 17.9 Å². The molecular formula is C20H25N3O3. The van der Waals surface area contributed by atoms with E-state index in [1.807, 2.05) is 23.1 Å². The summed E-state index contributed by atoms with van der Waals surface area (Å²) in [5.74, 6) is 1.55. The predicted octanol–water partition coefficient (Wildman–Crippen LogP) is 1.44. The van der Waals surface area contributed by atoms with Crippen molar-refractivity contribution >= 4 is 5.91 Å². The summed E-state index contributed by atoms with van der Waals surface area (Å²) in [6, 6.07) is 9.99. The zero-order chi connectivity index (χ0) is 18.1. The van der Waals surface area contributed by atoms with Gasteiger partial charge in [-0.2, -0.15) is 0 Å². The molecule has 2 aliphatic rings. The predicted molar refractivity (Wildman–Crippen MR) is 96.2 cm³/mol. The Morgan fingerprint density at radius 2 is 2.08 bits per heavy atom. The molecule has 1 aliphatic carbocycles. The van der Waals surface area contributed by atoms with Crippen LogP contribution in [-0.4, -0.2) is 39.6 Å². The van der Waals surface area contributed by atoms with E-state index in [4.69, 9.17) is 10.2 Å². The molecule has 1 fully saturated rings. The van der Waals surface area contributed by atoms with Gasteiger partial charge < -0.3 is 20.2 Å². The van der Waals surface area contributed by atoms with Crippen molar-refractivity contribution in [3.8, 4) is 0 Å². The van der Waals surface area contributed by atoms with E-state index in [0.29, 0.717) is 32.4 Å². The maximum Gasteiger partial charge on any atom is 0.226 e. The summed E-state index contributed by atoms with van der Waals surface area (Å²) in [5.41, 5.74) is 7.98. The minimum absolute atomic E-state index is 0.0801. The zero-order valence-electron chi connectivity index (χ0n) is 14.8. The fourth-order valence-corrected chi connectivity index (χ4v) is 3.95. The van der Waals surface area contributed by atoms with E-state index in [9.17, 15) is 9.90 Å². The fraction of sp³-hybridized carbons (Fsp3) is 0.500. The molecule has 2 aromatic rings. The normalized spacial score (nSPS) is 25.3. The Kier molecular flexibility index (Phi) is 4.78. The van der Waals surface area contributed by atoms with Gasteiger partial charge in [-0.05, 0) is 24.8 Å². The van der Waals surface area contributed by atoms with Crippen molar-refractivity contribution in [2.45, 2.75) is 50.8 Å². The van der Waals surface area contributed by atoms with Crippen LogP contribution in [-0.2, 0) is 30.6 Å². The molecular weight excluding hydrogens is 330 g/mol. The van der Waals surface area contributed by atoms with Crippen LogP contribution in [0.2, 0.25) is 0 Å². The highest BCUT2D eigenvalue weighted by atomic mass is 16.4. The van der Waals surface area contributed by atoms with Gasteiger partial charge in [0.25, 0.3) is 0 Å². The van der Waals surface area contributed by atoms with Crippen LogP contribution in [0, 0.1) is 5.92 Å². The van der Waals surface area contributed by atoms with Crippen LogP contribution in [0.5, 0.6) is 0 Å². The lowest BCUT2D eigenvalue weighted by Crippen LogP contribution is -2.39. The number of hydrogen-bond acceptors (Lipinski definition) is 5. The lowest BCUT2D eigenvalue weighted by molar-refractivity contribution is -0.136. The van der Waals surface area contributed by atoms with E-state index in [0.717, 1.165) is 30.2 Å². The van der Waals surface area contributed by atoms with Crippen LogP contribution in [0.25, 0.3) is 0 Å². The van der Waals surface area contributed by atoms with Crippen LogP contribution in [0.4, 0.5) is 0 Å². The Balaban J connectivity index is 1.38. The molecule has 0 spiro atoms. The van der Waals surface area contributed by atoms with E-state index >= 15 is 0 Å². The number of nitrogens with zero attached hydrogens (tertiary/aromatic N) is 2. The van der Waals surface area contributed by atoms with Crippen molar-refractivity contribution in [1.82, 2.24) is 9.88 Å². The molecule has 1 aromatic carbocycles. The Morgan fingerprint density at radius 3 is 2.81 bits per heavy atom. The first kappa shape index (κ1) is 17.2. The standard InChI is InChI=1S/C20H25N3O3/c21-15-10-14(11-17(15)24)20(25)23-9-8-18-16(12-23)22-19(26-18)7-6-13-4-2-1-3-5-13/h1-5,14-15,17,24H,6-12,21H2/t14-,15-,17-/m0/s1. The fourth-order valence-electron chi connectivity index (χ4n) is 3.95. The van der Waals surface area contributed by atoms with Gasteiger partial charge >= 0.3 is 0 Å². The highest BCUT2D eigenvalue weighted by Gasteiger charge is 2.38. The second-order valence-corrected chi connectivity index (χ2v) is 7.37. The Bertz CT molecular complexity index is 764. The number of aryl methyl sites for hydroxylation is 2. The number of carbonyl (C=O) groups excluding carboxylic acids is 1. The molecule has 6 heteroatoms. The van der Waals surface area contributed by atoms with Crippen LogP contribution in [0.3, 0.4) is 0 Å². The number of oxazole rings is 1. The summed E-state index contributed by atoms with van der Waals surface area (Å²) in [6.45, 7) is 1.13. The van der Waals surface area contributed by atoms with Gasteiger partial charge in [0, 0.05) is 31.3 Å².